The molecule has 0 spiro atoms. The van der Waals surface area contributed by atoms with E-state index in [9.17, 15) is 0 Å². The van der Waals surface area contributed by atoms with E-state index in [2.05, 4.69) is 138 Å². The van der Waals surface area contributed by atoms with Crippen molar-refractivity contribution in [2.45, 2.75) is 0 Å². The van der Waals surface area contributed by atoms with Gasteiger partial charge in [-0.3, -0.25) is 4.40 Å². The summed E-state index contributed by atoms with van der Waals surface area (Å²) in [6, 6.07) is 57.1. The standard InChI is InChI=1S/C43H28N4/c1-3-13-29(14-4-1)38-27-35(28-39(44-38)30-15-5-2-6-16-30)33-19-11-17-31(25-33)32-18-12-20-34(26-32)41-36-21-7-8-22-37(36)42-43(46-41)47-24-10-9-23-40(47)45-42/h1-28H. The lowest BCUT2D eigenvalue weighted by atomic mass is 9.95. The van der Waals surface area contributed by atoms with Crippen molar-refractivity contribution < 1.29 is 0 Å². The maximum Gasteiger partial charge on any atom is 0.165 e. The average molecular weight is 601 g/mol. The normalized spacial score (nSPS) is 11.4. The third kappa shape index (κ3) is 4.84. The molecule has 0 bridgehead atoms. The highest BCUT2D eigenvalue weighted by Crippen LogP contribution is 2.36. The van der Waals surface area contributed by atoms with E-state index in [1.54, 1.807) is 0 Å². The summed E-state index contributed by atoms with van der Waals surface area (Å²) in [6.07, 6.45) is 2.03. The van der Waals surface area contributed by atoms with Gasteiger partial charge in [0.2, 0.25) is 0 Å². The van der Waals surface area contributed by atoms with Crippen LogP contribution in [0.4, 0.5) is 0 Å². The Morgan fingerprint density at radius 1 is 0.362 bits per heavy atom. The van der Waals surface area contributed by atoms with Gasteiger partial charge in [-0.05, 0) is 58.7 Å². The summed E-state index contributed by atoms with van der Waals surface area (Å²) in [5.41, 5.74) is 13.3. The van der Waals surface area contributed by atoms with Crippen LogP contribution in [-0.4, -0.2) is 19.4 Å². The van der Waals surface area contributed by atoms with E-state index in [0.717, 1.165) is 83.6 Å². The molecule has 0 radical (unpaired) electrons. The van der Waals surface area contributed by atoms with Gasteiger partial charge in [0.1, 0.15) is 11.2 Å². The lowest BCUT2D eigenvalue weighted by Crippen LogP contribution is -1.92. The Morgan fingerprint density at radius 3 is 1.57 bits per heavy atom. The number of hydrogen-bond donors (Lipinski definition) is 0. The number of imidazole rings is 1. The minimum absolute atomic E-state index is 0.864. The van der Waals surface area contributed by atoms with Crippen molar-refractivity contribution in [1.29, 1.82) is 0 Å². The molecule has 0 aliphatic carbocycles. The summed E-state index contributed by atoms with van der Waals surface area (Å²) in [7, 11) is 0. The van der Waals surface area contributed by atoms with Gasteiger partial charge in [-0.1, -0.05) is 127 Å². The van der Waals surface area contributed by atoms with Crippen molar-refractivity contribution in [3.05, 3.63) is 170 Å². The number of pyridine rings is 3. The summed E-state index contributed by atoms with van der Waals surface area (Å²) < 4.78 is 2.07. The molecular weight excluding hydrogens is 573 g/mol. The Morgan fingerprint density at radius 2 is 0.894 bits per heavy atom. The summed E-state index contributed by atoms with van der Waals surface area (Å²) in [5, 5.41) is 2.19. The Hall–Kier alpha value is -6.39. The first kappa shape index (κ1) is 27.0. The molecule has 0 fully saturated rings. The summed E-state index contributed by atoms with van der Waals surface area (Å²) in [4.78, 5) is 15.2. The number of benzene rings is 5. The van der Waals surface area contributed by atoms with Gasteiger partial charge in [0.15, 0.2) is 5.65 Å². The fourth-order valence-corrected chi connectivity index (χ4v) is 6.49. The number of hydrogen-bond acceptors (Lipinski definition) is 3. The molecule has 4 heterocycles. The minimum atomic E-state index is 0.864. The Balaban J connectivity index is 1.17. The second-order valence-electron chi connectivity index (χ2n) is 11.7. The van der Waals surface area contributed by atoms with Crippen LogP contribution in [0.2, 0.25) is 0 Å². The highest BCUT2D eigenvalue weighted by atomic mass is 15.1. The van der Waals surface area contributed by atoms with Crippen molar-refractivity contribution in [3.63, 3.8) is 0 Å². The van der Waals surface area contributed by atoms with Crippen molar-refractivity contribution in [2.75, 3.05) is 0 Å². The molecule has 0 aliphatic rings. The second kappa shape index (κ2) is 11.2. The van der Waals surface area contributed by atoms with Crippen LogP contribution in [0, 0.1) is 0 Å². The number of rotatable bonds is 5. The second-order valence-corrected chi connectivity index (χ2v) is 11.7. The van der Waals surface area contributed by atoms with Crippen LogP contribution in [0.25, 0.3) is 83.6 Å². The fraction of sp³-hybridized carbons (Fsp3) is 0. The first-order valence-electron chi connectivity index (χ1n) is 15.8. The fourth-order valence-electron chi connectivity index (χ4n) is 6.49. The monoisotopic (exact) mass is 600 g/mol. The molecule has 0 amide bonds. The molecule has 4 aromatic heterocycles. The topological polar surface area (TPSA) is 43.1 Å². The molecular formula is C43H28N4. The quantitative estimate of drug-likeness (QED) is 0.197. The van der Waals surface area contributed by atoms with Gasteiger partial charge in [0.25, 0.3) is 0 Å². The lowest BCUT2D eigenvalue weighted by Gasteiger charge is -2.12. The predicted molar refractivity (Wildman–Crippen MR) is 193 cm³/mol. The molecule has 0 saturated heterocycles. The first-order chi connectivity index (χ1) is 23.3. The molecule has 9 aromatic rings. The molecule has 4 nitrogen and oxygen atoms in total. The van der Waals surface area contributed by atoms with Gasteiger partial charge in [-0.15, -0.1) is 0 Å². The molecule has 4 heteroatoms. The van der Waals surface area contributed by atoms with Crippen molar-refractivity contribution in [1.82, 2.24) is 19.4 Å². The van der Waals surface area contributed by atoms with Gasteiger partial charge < -0.3 is 0 Å². The molecule has 0 atom stereocenters. The SMILES string of the molecule is c1ccc(-c2cc(-c3cccc(-c4cccc(-c5nc6c(nc7ccccn76)c6ccccc56)c4)c3)cc(-c3ccccc3)n2)cc1. The Bertz CT molecular complexity index is 2510. The van der Waals surface area contributed by atoms with Crippen molar-refractivity contribution in [3.8, 4) is 56.0 Å². The summed E-state index contributed by atoms with van der Waals surface area (Å²) in [6.45, 7) is 0. The van der Waals surface area contributed by atoms with Crippen LogP contribution in [-0.2, 0) is 0 Å². The summed E-state index contributed by atoms with van der Waals surface area (Å²) >= 11 is 0. The molecule has 0 unspecified atom stereocenters. The van der Waals surface area contributed by atoms with E-state index in [-0.39, 0.29) is 0 Å². The van der Waals surface area contributed by atoms with E-state index in [4.69, 9.17) is 15.0 Å². The zero-order valence-corrected chi connectivity index (χ0v) is 25.5. The zero-order valence-electron chi connectivity index (χ0n) is 25.5. The van der Waals surface area contributed by atoms with Crippen molar-refractivity contribution in [2.24, 2.45) is 0 Å². The average Bonchev–Trinajstić information content (AvgIpc) is 3.54. The van der Waals surface area contributed by atoms with Gasteiger partial charge in [-0.2, -0.15) is 0 Å². The van der Waals surface area contributed by atoms with E-state index in [0.29, 0.717) is 0 Å². The molecule has 0 aliphatic heterocycles. The van der Waals surface area contributed by atoms with Crippen LogP contribution in [0.15, 0.2) is 170 Å². The van der Waals surface area contributed by atoms with Crippen LogP contribution in [0.3, 0.4) is 0 Å². The third-order valence-electron chi connectivity index (χ3n) is 8.79. The number of fused-ring (bicyclic) bond motifs is 5. The predicted octanol–water partition coefficient (Wildman–Crippen LogP) is 10.8. The number of nitrogens with zero attached hydrogens (tertiary/aromatic N) is 4. The zero-order chi connectivity index (χ0) is 31.2. The molecule has 0 N–H and O–H groups in total. The van der Waals surface area contributed by atoms with Gasteiger partial charge in [0, 0.05) is 33.7 Å². The Kier molecular flexibility index (Phi) is 6.43. The van der Waals surface area contributed by atoms with Gasteiger partial charge >= 0.3 is 0 Å². The van der Waals surface area contributed by atoms with E-state index in [1.165, 1.54) is 0 Å². The first-order valence-corrected chi connectivity index (χ1v) is 15.8. The van der Waals surface area contributed by atoms with Gasteiger partial charge in [0.05, 0.1) is 17.1 Å². The molecule has 9 rings (SSSR count). The van der Waals surface area contributed by atoms with Crippen molar-refractivity contribution >= 4 is 27.6 Å². The molecule has 0 saturated carbocycles. The highest BCUT2D eigenvalue weighted by molar-refractivity contribution is 6.09. The van der Waals surface area contributed by atoms with E-state index < -0.39 is 0 Å². The largest absolute Gasteiger partial charge is 0.284 e. The third-order valence-corrected chi connectivity index (χ3v) is 8.79. The molecule has 47 heavy (non-hydrogen) atoms. The van der Waals surface area contributed by atoms with Crippen LogP contribution in [0.5, 0.6) is 0 Å². The van der Waals surface area contributed by atoms with E-state index >= 15 is 0 Å². The summed E-state index contributed by atoms with van der Waals surface area (Å²) in [5.74, 6) is 0. The highest BCUT2D eigenvalue weighted by Gasteiger charge is 2.16. The van der Waals surface area contributed by atoms with Crippen LogP contribution in [0.1, 0.15) is 0 Å². The number of aromatic nitrogens is 4. The maximum absolute atomic E-state index is 5.23. The molecule has 5 aromatic carbocycles. The molecule has 220 valence electrons. The van der Waals surface area contributed by atoms with Crippen LogP contribution >= 0.6 is 0 Å². The van der Waals surface area contributed by atoms with E-state index in [1.807, 2.05) is 36.5 Å². The maximum atomic E-state index is 5.23. The van der Waals surface area contributed by atoms with Gasteiger partial charge in [-0.25, -0.2) is 15.0 Å². The Labute approximate surface area is 272 Å². The smallest absolute Gasteiger partial charge is 0.165 e. The minimum Gasteiger partial charge on any atom is -0.284 e. The van der Waals surface area contributed by atoms with Crippen LogP contribution < -0.4 is 0 Å². The lowest BCUT2D eigenvalue weighted by molar-refractivity contribution is 1.19.